The van der Waals surface area contributed by atoms with E-state index in [-0.39, 0.29) is 0 Å². The van der Waals surface area contributed by atoms with E-state index in [2.05, 4.69) is 26.0 Å². The van der Waals surface area contributed by atoms with Crippen LogP contribution in [0.5, 0.6) is 0 Å². The van der Waals surface area contributed by atoms with Gasteiger partial charge in [0.05, 0.1) is 0 Å². The van der Waals surface area contributed by atoms with Gasteiger partial charge in [-0.2, -0.15) is 0 Å². The van der Waals surface area contributed by atoms with Crippen molar-refractivity contribution in [2.75, 3.05) is 0 Å². The lowest BCUT2D eigenvalue weighted by molar-refractivity contribution is 0.0636. The van der Waals surface area contributed by atoms with E-state index in [4.69, 9.17) is 0 Å². The van der Waals surface area contributed by atoms with Gasteiger partial charge >= 0.3 is 0 Å². The van der Waals surface area contributed by atoms with E-state index in [1.54, 1.807) is 18.5 Å². The van der Waals surface area contributed by atoms with Crippen LogP contribution in [0.2, 0.25) is 0 Å². The molecular weight excluding hydrogens is 222 g/mol. The lowest BCUT2D eigenvalue weighted by atomic mass is 10.1. The highest BCUT2D eigenvalue weighted by Crippen LogP contribution is 2.18. The monoisotopic (exact) mass is 233 g/mol. The minimum absolute atomic E-state index is 0.515. The summed E-state index contributed by atoms with van der Waals surface area (Å²) in [6.07, 6.45) is 0. The minimum atomic E-state index is -0.935. The molecule has 0 spiro atoms. The lowest BCUT2D eigenvalue weighted by Gasteiger charge is -2.15. The van der Waals surface area contributed by atoms with E-state index in [0.29, 0.717) is 17.1 Å². The molecule has 0 aliphatic heterocycles. The van der Waals surface area contributed by atoms with Crippen molar-refractivity contribution < 1.29 is 5.11 Å². The molecule has 0 unspecified atom stereocenters. The van der Waals surface area contributed by atoms with Gasteiger partial charge in [-0.15, -0.1) is 5.10 Å². The van der Waals surface area contributed by atoms with Crippen molar-refractivity contribution in [2.45, 2.75) is 32.9 Å². The Morgan fingerprint density at radius 2 is 2.17 bits per heavy atom. The molecule has 0 aromatic carbocycles. The van der Waals surface area contributed by atoms with Gasteiger partial charge in [0.25, 0.3) is 0 Å². The van der Waals surface area contributed by atoms with Crippen molar-refractivity contribution in [3.63, 3.8) is 0 Å². The molecule has 1 heterocycles. The zero-order chi connectivity index (χ0) is 9.35. The summed E-state index contributed by atoms with van der Waals surface area (Å²) < 4.78 is 2.19. The molecule has 4 nitrogen and oxygen atoms in total. The van der Waals surface area contributed by atoms with Crippen molar-refractivity contribution in [1.29, 1.82) is 0 Å². The number of rotatable bonds is 2. The number of hydrogen-bond acceptors (Lipinski definition) is 3. The maximum atomic E-state index is 9.67. The second kappa shape index (κ2) is 3.14. The summed E-state index contributed by atoms with van der Waals surface area (Å²) in [5, 5.41) is 13.7. The Balaban J connectivity index is 3.13. The number of aliphatic hydroxyl groups is 1. The predicted octanol–water partition coefficient (Wildman–Crippen LogP) is 1.29. The first-order chi connectivity index (χ1) is 5.45. The largest absolute Gasteiger partial charge is 0.382 e. The van der Waals surface area contributed by atoms with Gasteiger partial charge in [-0.05, 0) is 36.7 Å². The molecule has 12 heavy (non-hydrogen) atoms. The summed E-state index contributed by atoms with van der Waals surface area (Å²) in [6, 6.07) is 0. The smallest absolute Gasteiger partial charge is 0.217 e. The standard InChI is InChI=1S/C7H12BrN3O/c1-4-11-5(7(2,3)12)9-6(8)10-11/h12H,4H2,1-3H3. The number of aryl methyl sites for hydroxylation is 1. The highest BCUT2D eigenvalue weighted by atomic mass is 79.9. The molecule has 0 radical (unpaired) electrons. The zero-order valence-electron chi connectivity index (χ0n) is 7.37. The van der Waals surface area contributed by atoms with E-state index in [0.717, 1.165) is 0 Å². The van der Waals surface area contributed by atoms with Gasteiger partial charge in [0.1, 0.15) is 5.60 Å². The Bertz CT molecular complexity index is 277. The summed E-state index contributed by atoms with van der Waals surface area (Å²) in [4.78, 5) is 4.07. The maximum Gasteiger partial charge on any atom is 0.217 e. The molecule has 0 saturated heterocycles. The fourth-order valence-electron chi connectivity index (χ4n) is 0.988. The van der Waals surface area contributed by atoms with Crippen LogP contribution >= 0.6 is 15.9 Å². The molecule has 0 bridgehead atoms. The molecule has 0 fully saturated rings. The SMILES string of the molecule is CCn1nc(Br)nc1C(C)(C)O. The van der Waals surface area contributed by atoms with E-state index in [1.807, 2.05) is 6.92 Å². The van der Waals surface area contributed by atoms with E-state index < -0.39 is 5.60 Å². The molecular formula is C7H12BrN3O. The first-order valence-electron chi connectivity index (χ1n) is 3.78. The lowest BCUT2D eigenvalue weighted by Crippen LogP contribution is -2.22. The summed E-state index contributed by atoms with van der Waals surface area (Å²) in [5.74, 6) is 0.580. The number of aromatic nitrogens is 3. The van der Waals surface area contributed by atoms with E-state index in [1.165, 1.54) is 0 Å². The minimum Gasteiger partial charge on any atom is -0.382 e. The number of halogens is 1. The first kappa shape index (κ1) is 9.67. The van der Waals surface area contributed by atoms with E-state index >= 15 is 0 Å². The summed E-state index contributed by atoms with van der Waals surface area (Å²) >= 11 is 3.16. The fourth-order valence-corrected chi connectivity index (χ4v) is 1.35. The highest BCUT2D eigenvalue weighted by Gasteiger charge is 2.23. The summed E-state index contributed by atoms with van der Waals surface area (Å²) in [7, 11) is 0. The van der Waals surface area contributed by atoms with Crippen LogP contribution in [0.4, 0.5) is 0 Å². The number of nitrogens with zero attached hydrogens (tertiary/aromatic N) is 3. The molecule has 0 atom stereocenters. The van der Waals surface area contributed by atoms with Crippen LogP contribution in [0.3, 0.4) is 0 Å². The van der Waals surface area contributed by atoms with E-state index in [9.17, 15) is 5.11 Å². The third kappa shape index (κ3) is 1.84. The van der Waals surface area contributed by atoms with Crippen LogP contribution in [-0.2, 0) is 12.1 Å². The summed E-state index contributed by atoms with van der Waals surface area (Å²) in [5.41, 5.74) is -0.935. The quantitative estimate of drug-likeness (QED) is 0.838. The van der Waals surface area contributed by atoms with Crippen LogP contribution < -0.4 is 0 Å². The molecule has 1 aromatic rings. The maximum absolute atomic E-state index is 9.67. The Kier molecular flexibility index (Phi) is 2.53. The molecule has 1 rings (SSSR count). The van der Waals surface area contributed by atoms with Crippen LogP contribution in [0, 0.1) is 0 Å². The molecule has 1 N–H and O–H groups in total. The van der Waals surface area contributed by atoms with Crippen LogP contribution in [0.25, 0.3) is 0 Å². The van der Waals surface area contributed by atoms with Gasteiger partial charge in [-0.3, -0.25) is 0 Å². The Hall–Kier alpha value is -0.420. The Labute approximate surface area is 79.7 Å². The second-order valence-electron chi connectivity index (χ2n) is 3.08. The van der Waals surface area contributed by atoms with Crippen molar-refractivity contribution in [2.24, 2.45) is 0 Å². The number of hydrogen-bond donors (Lipinski definition) is 1. The molecule has 0 amide bonds. The highest BCUT2D eigenvalue weighted by molar-refractivity contribution is 9.10. The van der Waals surface area contributed by atoms with Crippen molar-refractivity contribution in [3.05, 3.63) is 10.6 Å². The Morgan fingerprint density at radius 1 is 1.58 bits per heavy atom. The third-order valence-corrected chi connectivity index (χ3v) is 1.83. The Morgan fingerprint density at radius 3 is 2.50 bits per heavy atom. The fraction of sp³-hybridized carbons (Fsp3) is 0.714. The molecule has 1 aromatic heterocycles. The first-order valence-corrected chi connectivity index (χ1v) is 4.57. The average Bonchev–Trinajstić information content (AvgIpc) is 2.29. The normalized spacial score (nSPS) is 12.1. The second-order valence-corrected chi connectivity index (χ2v) is 3.79. The zero-order valence-corrected chi connectivity index (χ0v) is 8.96. The van der Waals surface area contributed by atoms with Gasteiger partial charge in [0, 0.05) is 6.54 Å². The van der Waals surface area contributed by atoms with Gasteiger partial charge < -0.3 is 5.11 Å². The predicted molar refractivity (Wildman–Crippen MR) is 48.6 cm³/mol. The van der Waals surface area contributed by atoms with Crippen LogP contribution in [-0.4, -0.2) is 19.9 Å². The molecule has 0 saturated carbocycles. The van der Waals surface area contributed by atoms with Gasteiger partial charge in [0.2, 0.25) is 4.73 Å². The average molecular weight is 234 g/mol. The van der Waals surface area contributed by atoms with Crippen molar-refractivity contribution >= 4 is 15.9 Å². The van der Waals surface area contributed by atoms with Crippen molar-refractivity contribution in [3.8, 4) is 0 Å². The van der Waals surface area contributed by atoms with Gasteiger partial charge in [-0.25, -0.2) is 9.67 Å². The molecule has 0 aliphatic carbocycles. The molecule has 68 valence electrons. The van der Waals surface area contributed by atoms with Gasteiger partial charge in [-0.1, -0.05) is 0 Å². The molecule has 5 heteroatoms. The topological polar surface area (TPSA) is 50.9 Å². The van der Waals surface area contributed by atoms with Crippen LogP contribution in [0.15, 0.2) is 4.73 Å². The third-order valence-electron chi connectivity index (χ3n) is 1.49. The van der Waals surface area contributed by atoms with Gasteiger partial charge in [0.15, 0.2) is 5.82 Å². The summed E-state index contributed by atoms with van der Waals surface area (Å²) in [6.45, 7) is 6.04. The molecule has 0 aliphatic rings. The van der Waals surface area contributed by atoms with Crippen molar-refractivity contribution in [1.82, 2.24) is 14.8 Å². The van der Waals surface area contributed by atoms with Crippen LogP contribution in [0.1, 0.15) is 26.6 Å².